The molecule has 6 heteroatoms. The number of nitrogens with zero attached hydrogens (tertiary/aromatic N) is 1. The molecule has 1 N–H and O–H groups in total. The van der Waals surface area contributed by atoms with Crippen molar-refractivity contribution in [1.82, 2.24) is 0 Å². The number of nitro groups is 1. The maximum atomic E-state index is 10.8. The zero-order valence-corrected chi connectivity index (χ0v) is 9.94. The first kappa shape index (κ1) is 11.3. The van der Waals surface area contributed by atoms with Crippen LogP contribution in [0.1, 0.15) is 5.56 Å². The van der Waals surface area contributed by atoms with E-state index in [0.717, 1.165) is 0 Å². The van der Waals surface area contributed by atoms with E-state index in [0.29, 0.717) is 20.7 Å². The second-order valence-electron chi connectivity index (χ2n) is 2.70. The summed E-state index contributed by atoms with van der Waals surface area (Å²) < 4.78 is 0.633. The van der Waals surface area contributed by atoms with Gasteiger partial charge in [-0.1, -0.05) is 27.5 Å². The lowest BCUT2D eigenvalue weighted by Crippen LogP contribution is -2.00. The van der Waals surface area contributed by atoms with Crippen LogP contribution >= 0.6 is 27.5 Å². The van der Waals surface area contributed by atoms with Crippen LogP contribution in [0.15, 0.2) is 10.5 Å². The number of hydrogen-bond donors (Lipinski definition) is 1. The molecule has 76 valence electrons. The molecule has 1 aromatic carbocycles. The fourth-order valence-electron chi connectivity index (χ4n) is 1.17. The molecule has 0 aliphatic rings. The van der Waals surface area contributed by atoms with E-state index in [1.54, 1.807) is 20.0 Å². The molecule has 0 saturated carbocycles. The molecule has 0 heterocycles. The minimum absolute atomic E-state index is 0.00637. The van der Waals surface area contributed by atoms with Crippen LogP contribution in [0.4, 0.5) is 11.4 Å². The largest absolute Gasteiger partial charge is 0.381 e. The van der Waals surface area contributed by atoms with Crippen molar-refractivity contribution < 1.29 is 4.92 Å². The first-order valence-electron chi connectivity index (χ1n) is 3.79. The lowest BCUT2D eigenvalue weighted by atomic mass is 10.1. The number of anilines is 1. The molecule has 4 nitrogen and oxygen atoms in total. The summed E-state index contributed by atoms with van der Waals surface area (Å²) in [7, 11) is 1.60. The normalized spacial score (nSPS) is 10.0. The van der Waals surface area contributed by atoms with Crippen LogP contribution < -0.4 is 5.32 Å². The Morgan fingerprint density at radius 1 is 1.64 bits per heavy atom. The summed E-state index contributed by atoms with van der Waals surface area (Å²) in [6, 6.07) is 1.63. The van der Waals surface area contributed by atoms with Crippen molar-refractivity contribution in [2.45, 2.75) is 6.92 Å². The Morgan fingerprint density at radius 3 is 2.64 bits per heavy atom. The monoisotopic (exact) mass is 278 g/mol. The van der Waals surface area contributed by atoms with Crippen LogP contribution in [-0.2, 0) is 0 Å². The molecule has 1 aromatic rings. The molecule has 1 rings (SSSR count). The fourth-order valence-corrected chi connectivity index (χ4v) is 2.01. The van der Waals surface area contributed by atoms with Crippen molar-refractivity contribution in [3.05, 3.63) is 31.2 Å². The summed E-state index contributed by atoms with van der Waals surface area (Å²) in [4.78, 5) is 10.3. The van der Waals surface area contributed by atoms with Gasteiger partial charge in [0, 0.05) is 17.1 Å². The molecule has 0 aliphatic heterocycles. The van der Waals surface area contributed by atoms with Crippen molar-refractivity contribution in [1.29, 1.82) is 0 Å². The van der Waals surface area contributed by atoms with Gasteiger partial charge in [-0.3, -0.25) is 10.1 Å². The van der Waals surface area contributed by atoms with Gasteiger partial charge in [0.25, 0.3) is 5.69 Å². The minimum atomic E-state index is -0.447. The van der Waals surface area contributed by atoms with E-state index in [9.17, 15) is 10.1 Å². The van der Waals surface area contributed by atoms with Gasteiger partial charge in [-0.15, -0.1) is 0 Å². The van der Waals surface area contributed by atoms with Crippen molar-refractivity contribution in [2.24, 2.45) is 0 Å². The molecule has 0 unspecified atom stereocenters. The van der Waals surface area contributed by atoms with E-state index >= 15 is 0 Å². The number of rotatable bonds is 2. The summed E-state index contributed by atoms with van der Waals surface area (Å²) in [5, 5.41) is 13.8. The lowest BCUT2D eigenvalue weighted by molar-refractivity contribution is -0.384. The van der Waals surface area contributed by atoms with Gasteiger partial charge in [0.05, 0.1) is 9.95 Å². The third-order valence-electron chi connectivity index (χ3n) is 1.88. The Hall–Kier alpha value is -0.810. The van der Waals surface area contributed by atoms with E-state index in [4.69, 9.17) is 11.6 Å². The van der Waals surface area contributed by atoms with Crippen LogP contribution in [0.5, 0.6) is 0 Å². The predicted octanol–water partition coefficient (Wildman–Crippen LogP) is 3.36. The van der Waals surface area contributed by atoms with Crippen molar-refractivity contribution in [2.75, 3.05) is 12.4 Å². The molecular formula is C8H8BrClN2O2. The highest BCUT2D eigenvalue weighted by molar-refractivity contribution is 9.10. The van der Waals surface area contributed by atoms with E-state index < -0.39 is 4.92 Å². The molecule has 0 saturated heterocycles. The number of hydrogen-bond acceptors (Lipinski definition) is 3. The lowest BCUT2D eigenvalue weighted by Gasteiger charge is -2.08. The summed E-state index contributed by atoms with van der Waals surface area (Å²) in [6.45, 7) is 1.67. The summed E-state index contributed by atoms with van der Waals surface area (Å²) in [5.74, 6) is 0. The highest BCUT2D eigenvalue weighted by atomic mass is 79.9. The van der Waals surface area contributed by atoms with Gasteiger partial charge in [-0.25, -0.2) is 0 Å². The minimum Gasteiger partial charge on any atom is -0.381 e. The molecule has 0 aromatic heterocycles. The highest BCUT2D eigenvalue weighted by Crippen LogP contribution is 2.39. The molecule has 0 atom stereocenters. The number of benzene rings is 1. The van der Waals surface area contributed by atoms with Crippen LogP contribution in [0, 0.1) is 17.0 Å². The zero-order chi connectivity index (χ0) is 10.9. The van der Waals surface area contributed by atoms with Gasteiger partial charge >= 0.3 is 0 Å². The van der Waals surface area contributed by atoms with Gasteiger partial charge in [0.2, 0.25) is 0 Å². The van der Waals surface area contributed by atoms with E-state index in [2.05, 4.69) is 21.2 Å². The van der Waals surface area contributed by atoms with Crippen LogP contribution in [0.25, 0.3) is 0 Å². The maximum absolute atomic E-state index is 10.8. The molecule has 0 radical (unpaired) electrons. The summed E-state index contributed by atoms with van der Waals surface area (Å²) in [6.07, 6.45) is 0. The molecule has 14 heavy (non-hydrogen) atoms. The Labute approximate surface area is 94.5 Å². The predicted molar refractivity (Wildman–Crippen MR) is 60.1 cm³/mol. The van der Waals surface area contributed by atoms with Gasteiger partial charge < -0.3 is 5.32 Å². The van der Waals surface area contributed by atoms with E-state index in [1.165, 1.54) is 0 Å². The Bertz CT molecular complexity index is 395. The Balaban J connectivity index is 3.56. The van der Waals surface area contributed by atoms with Gasteiger partial charge in [-0.05, 0) is 13.0 Å². The van der Waals surface area contributed by atoms with Gasteiger partial charge in [0.15, 0.2) is 0 Å². The smallest absolute Gasteiger partial charge is 0.297 e. The van der Waals surface area contributed by atoms with Crippen molar-refractivity contribution >= 4 is 38.9 Å². The maximum Gasteiger partial charge on any atom is 0.297 e. The first-order chi connectivity index (χ1) is 6.49. The third-order valence-corrected chi connectivity index (χ3v) is 3.00. The van der Waals surface area contributed by atoms with Gasteiger partial charge in [0.1, 0.15) is 5.69 Å². The Morgan fingerprint density at radius 2 is 2.21 bits per heavy atom. The average Bonchev–Trinajstić information content (AvgIpc) is 2.10. The zero-order valence-electron chi connectivity index (χ0n) is 7.60. The SMILES string of the molecule is CNc1c(Cl)cc(Br)c(C)c1[N+](=O)[O-]. The van der Waals surface area contributed by atoms with E-state index in [-0.39, 0.29) is 5.69 Å². The Kier molecular flexibility index (Phi) is 3.34. The number of nitro benzene ring substituents is 1. The molecule has 0 fully saturated rings. The van der Waals surface area contributed by atoms with E-state index in [1.807, 2.05) is 0 Å². The van der Waals surface area contributed by atoms with Crippen LogP contribution in [0.3, 0.4) is 0 Å². The number of nitrogens with one attached hydrogen (secondary N) is 1. The van der Waals surface area contributed by atoms with Crippen molar-refractivity contribution in [3.63, 3.8) is 0 Å². The average molecular weight is 280 g/mol. The first-order valence-corrected chi connectivity index (χ1v) is 4.97. The molecule has 0 amide bonds. The third kappa shape index (κ3) is 1.83. The second kappa shape index (κ2) is 4.14. The summed E-state index contributed by atoms with van der Waals surface area (Å²) >= 11 is 9.07. The highest BCUT2D eigenvalue weighted by Gasteiger charge is 2.21. The second-order valence-corrected chi connectivity index (χ2v) is 3.96. The molecule has 0 aliphatic carbocycles. The van der Waals surface area contributed by atoms with Crippen molar-refractivity contribution in [3.8, 4) is 0 Å². The van der Waals surface area contributed by atoms with Crippen LogP contribution in [0.2, 0.25) is 5.02 Å². The quantitative estimate of drug-likeness (QED) is 0.667. The molecule has 0 spiro atoms. The van der Waals surface area contributed by atoms with Gasteiger partial charge in [-0.2, -0.15) is 0 Å². The molecular weight excluding hydrogens is 271 g/mol. The standard InChI is InChI=1S/C8H8BrClN2O2/c1-4-5(9)3-6(10)7(11-2)8(4)12(13)14/h3,11H,1-2H3. The fraction of sp³-hybridized carbons (Fsp3) is 0.250. The summed E-state index contributed by atoms with van der Waals surface area (Å²) in [5.41, 5.74) is 0.910. The molecule has 0 bridgehead atoms. The topological polar surface area (TPSA) is 55.2 Å². The number of halogens is 2. The van der Waals surface area contributed by atoms with Crippen LogP contribution in [-0.4, -0.2) is 12.0 Å².